The summed E-state index contributed by atoms with van der Waals surface area (Å²) < 4.78 is 14.3. The molecule has 2 bridgehead atoms. The maximum Gasteiger partial charge on any atom is 0.419 e. The van der Waals surface area contributed by atoms with Gasteiger partial charge in [0.2, 0.25) is 5.56 Å². The number of aryl methyl sites for hydroxylation is 1. The number of phenols is 1. The van der Waals surface area contributed by atoms with Gasteiger partial charge >= 0.3 is 11.8 Å². The van der Waals surface area contributed by atoms with Crippen molar-refractivity contribution in [2.45, 2.75) is 83.4 Å². The zero-order chi connectivity index (χ0) is 43.8. The van der Waals surface area contributed by atoms with Gasteiger partial charge in [-0.05, 0) is 109 Å². The maximum absolute atomic E-state index is 13.1. The molecule has 0 radical (unpaired) electrons. The highest BCUT2D eigenvalue weighted by molar-refractivity contribution is 6.74. The Hall–Kier alpha value is -5.73. The van der Waals surface area contributed by atoms with Crippen LogP contribution < -0.4 is 21.5 Å². The molecule has 3 saturated heterocycles. The Labute approximate surface area is 362 Å². The average molecular weight is 856 g/mol. The van der Waals surface area contributed by atoms with Gasteiger partial charge in [-0.15, -0.1) is 0 Å². The number of H-pyrrole nitrogens is 1. The highest BCUT2D eigenvalue weighted by Gasteiger charge is 2.41. The van der Waals surface area contributed by atoms with Crippen LogP contribution in [-0.2, 0) is 17.5 Å². The van der Waals surface area contributed by atoms with Crippen molar-refractivity contribution in [2.75, 3.05) is 31.1 Å². The van der Waals surface area contributed by atoms with Crippen LogP contribution in [0.3, 0.4) is 0 Å². The summed E-state index contributed by atoms with van der Waals surface area (Å²) in [5.41, 5.74) is 6.55. The molecule has 0 saturated carbocycles. The number of anilines is 1. The van der Waals surface area contributed by atoms with E-state index in [9.17, 15) is 24.6 Å². The van der Waals surface area contributed by atoms with Crippen molar-refractivity contribution >= 4 is 48.2 Å². The maximum atomic E-state index is 13.1. The number of piperidine rings is 3. The van der Waals surface area contributed by atoms with Gasteiger partial charge in [-0.3, -0.25) is 14.3 Å². The third kappa shape index (κ3) is 8.94. The molecule has 2 atom stereocenters. The van der Waals surface area contributed by atoms with Gasteiger partial charge in [0.05, 0.1) is 28.9 Å². The fraction of sp³-hybridized carbons (Fsp3) is 0.367. The standard InChI is InChI=1S/C49H57N5O7Si/c1-49(2,3)62(4,5)61-44(37-17-20-42(55)46-38(37)18-21-45(56)51-46)30-50-29-33-15-19-39-43(28-33)60-48(59)53(39)24-10-9-11-32-14-16-36(34-12-7-6-8-13-34)40(27-32)54(47(57)58)41-31-52-25-22-35(41)23-26-52/h6-9,11-21,27-28,35,41,44,50,55H,10,22-26,29-31H2,1-5H3,(H,51,56)(H,57,58)/b11-9+/t41-,44+/m0/s1. The summed E-state index contributed by atoms with van der Waals surface area (Å²) in [5, 5.41) is 25.5. The molecule has 13 heteroatoms. The summed E-state index contributed by atoms with van der Waals surface area (Å²) in [6, 6.07) is 28.3. The van der Waals surface area contributed by atoms with Crippen molar-refractivity contribution in [1.82, 2.24) is 19.8 Å². The summed E-state index contributed by atoms with van der Waals surface area (Å²) in [7, 11) is -2.26. The Morgan fingerprint density at radius 2 is 1.79 bits per heavy atom. The number of aromatic hydroxyl groups is 1. The van der Waals surface area contributed by atoms with E-state index in [0.29, 0.717) is 54.3 Å². The van der Waals surface area contributed by atoms with Crippen molar-refractivity contribution in [1.29, 1.82) is 0 Å². The first kappa shape index (κ1) is 42.9. The van der Waals surface area contributed by atoms with Gasteiger partial charge in [-0.1, -0.05) is 87.5 Å². The second kappa shape index (κ2) is 17.6. The van der Waals surface area contributed by atoms with Crippen molar-refractivity contribution in [3.05, 3.63) is 135 Å². The van der Waals surface area contributed by atoms with Gasteiger partial charge in [-0.2, -0.15) is 0 Å². The lowest BCUT2D eigenvalue weighted by Crippen LogP contribution is -2.59. The number of aromatic nitrogens is 2. The van der Waals surface area contributed by atoms with Crippen molar-refractivity contribution in [3.63, 3.8) is 0 Å². The third-order valence-corrected chi connectivity index (χ3v) is 17.7. The molecular weight excluding hydrogens is 799 g/mol. The molecule has 5 heterocycles. The fourth-order valence-electron chi connectivity index (χ4n) is 8.85. The minimum absolute atomic E-state index is 0.00440. The minimum Gasteiger partial charge on any atom is -0.506 e. The topological polar surface area (TPSA) is 153 Å². The minimum atomic E-state index is -2.26. The summed E-state index contributed by atoms with van der Waals surface area (Å²) in [4.78, 5) is 45.1. The van der Waals surface area contributed by atoms with E-state index in [2.05, 4.69) is 49.1 Å². The largest absolute Gasteiger partial charge is 0.506 e. The average Bonchev–Trinajstić information content (AvgIpc) is 3.56. The number of carbonyl (C=O) groups is 1. The Bertz CT molecular complexity index is 2730. The van der Waals surface area contributed by atoms with Crippen LogP contribution >= 0.6 is 0 Å². The third-order valence-electron chi connectivity index (χ3n) is 13.2. The zero-order valence-electron chi connectivity index (χ0n) is 36.2. The van der Waals surface area contributed by atoms with Gasteiger partial charge in [0.15, 0.2) is 13.9 Å². The Balaban J connectivity index is 0.968. The van der Waals surface area contributed by atoms with Gasteiger partial charge in [-0.25, -0.2) is 9.59 Å². The number of fused-ring (bicyclic) bond motifs is 5. The van der Waals surface area contributed by atoms with E-state index < -0.39 is 20.2 Å². The van der Waals surface area contributed by atoms with Crippen LogP contribution in [0.15, 0.2) is 111 Å². The van der Waals surface area contributed by atoms with Crippen molar-refractivity contribution in [2.24, 2.45) is 5.92 Å². The van der Waals surface area contributed by atoms with Gasteiger partial charge < -0.3 is 34.3 Å². The predicted molar refractivity (Wildman–Crippen MR) is 248 cm³/mol. The van der Waals surface area contributed by atoms with Crippen LogP contribution in [0.2, 0.25) is 18.1 Å². The zero-order valence-corrected chi connectivity index (χ0v) is 37.2. The Morgan fingerprint density at radius 1 is 1.02 bits per heavy atom. The van der Waals surface area contributed by atoms with Gasteiger partial charge in [0, 0.05) is 43.2 Å². The molecule has 62 heavy (non-hydrogen) atoms. The number of allylic oxidation sites excluding steroid dienone is 1. The molecule has 0 unspecified atom stereocenters. The van der Waals surface area contributed by atoms with E-state index in [1.165, 1.54) is 6.07 Å². The molecule has 324 valence electrons. The van der Waals surface area contributed by atoms with Gasteiger partial charge in [0.25, 0.3) is 0 Å². The number of nitrogens with zero attached hydrogens (tertiary/aromatic N) is 3. The quantitative estimate of drug-likeness (QED) is 0.0786. The van der Waals surface area contributed by atoms with E-state index in [1.54, 1.807) is 21.6 Å². The predicted octanol–water partition coefficient (Wildman–Crippen LogP) is 9.34. The second-order valence-corrected chi connectivity index (χ2v) is 23.1. The molecule has 0 spiro atoms. The Morgan fingerprint density at radius 3 is 2.50 bits per heavy atom. The lowest BCUT2D eigenvalue weighted by molar-refractivity contribution is 0.0838. The first-order valence-corrected chi connectivity index (χ1v) is 24.5. The van der Waals surface area contributed by atoms with E-state index in [0.717, 1.165) is 65.7 Å². The second-order valence-electron chi connectivity index (χ2n) is 18.3. The summed E-state index contributed by atoms with van der Waals surface area (Å²) >= 11 is 0. The molecule has 3 fully saturated rings. The number of aromatic amines is 1. The molecule has 0 aliphatic carbocycles. The normalized spacial score (nSPS) is 18.5. The van der Waals surface area contributed by atoms with E-state index in [1.807, 2.05) is 84.9 Å². The number of rotatable bonds is 14. The highest BCUT2D eigenvalue weighted by atomic mass is 28.4. The van der Waals surface area contributed by atoms with Crippen LogP contribution in [0.4, 0.5) is 10.5 Å². The number of pyridine rings is 1. The number of nitrogens with one attached hydrogen (secondary N) is 2. The number of amides is 1. The van der Waals surface area contributed by atoms with Crippen LogP contribution in [0, 0.1) is 5.92 Å². The molecule has 3 aliphatic heterocycles. The molecule has 9 rings (SSSR count). The molecule has 6 aromatic rings. The summed E-state index contributed by atoms with van der Waals surface area (Å²) in [5.74, 6) is -0.0892. The van der Waals surface area contributed by atoms with E-state index in [4.69, 9.17) is 8.84 Å². The highest BCUT2D eigenvalue weighted by Crippen LogP contribution is 2.42. The van der Waals surface area contributed by atoms with E-state index >= 15 is 0 Å². The fourth-order valence-corrected chi connectivity index (χ4v) is 10.1. The molecular formula is C49H57N5O7Si. The lowest BCUT2D eigenvalue weighted by Gasteiger charge is -2.48. The van der Waals surface area contributed by atoms with E-state index in [-0.39, 0.29) is 28.5 Å². The first-order valence-electron chi connectivity index (χ1n) is 21.6. The molecule has 1 amide bonds. The molecule has 4 aromatic carbocycles. The number of carboxylic acid groups (broad SMARTS) is 1. The monoisotopic (exact) mass is 855 g/mol. The molecule has 12 nitrogen and oxygen atoms in total. The molecule has 3 aliphatic rings. The van der Waals surface area contributed by atoms with Crippen LogP contribution in [0.25, 0.3) is 39.2 Å². The summed E-state index contributed by atoms with van der Waals surface area (Å²) in [6.07, 6.45) is 5.28. The van der Waals surface area contributed by atoms with Crippen LogP contribution in [0.1, 0.15) is 62.8 Å². The molecule has 2 aromatic heterocycles. The lowest BCUT2D eigenvalue weighted by atomic mass is 9.82. The SMILES string of the molecule is CC(C)(C)[Si](C)(C)O[C@H](CNCc1ccc2c(c1)oc(=O)n2CC/C=C/c1ccc(-c2ccccc2)c(N(C(=O)O)[C@H]2CN3CCC2CC3)c1)c1ccc(O)c2[nH]c(=O)ccc12. The summed E-state index contributed by atoms with van der Waals surface area (Å²) in [6.45, 7) is 15.1. The number of benzene rings is 4. The number of hydrogen-bond donors (Lipinski definition) is 4. The van der Waals surface area contributed by atoms with Crippen LogP contribution in [-0.4, -0.2) is 71.3 Å². The number of hydrogen-bond acceptors (Lipinski definition) is 8. The first-order chi connectivity index (χ1) is 29.7. The Kier molecular flexibility index (Phi) is 12.2. The van der Waals surface area contributed by atoms with Crippen LogP contribution in [0.5, 0.6) is 5.75 Å². The smallest absolute Gasteiger partial charge is 0.419 e. The number of oxazole rings is 1. The van der Waals surface area contributed by atoms with Crippen molar-refractivity contribution < 1.29 is 23.9 Å². The number of phenolic OH excluding ortho intramolecular Hbond substituents is 1. The van der Waals surface area contributed by atoms with Gasteiger partial charge in [0.1, 0.15) is 5.75 Å². The molecule has 4 N–H and O–H groups in total. The van der Waals surface area contributed by atoms with Crippen molar-refractivity contribution in [3.8, 4) is 16.9 Å².